The predicted molar refractivity (Wildman–Crippen MR) is 284 cm³/mol. The van der Waals surface area contributed by atoms with Gasteiger partial charge in [0, 0.05) is 62.5 Å². The number of carboxylic acid groups (broad SMARTS) is 1. The van der Waals surface area contributed by atoms with Gasteiger partial charge in [0.25, 0.3) is 0 Å². The number of primary amides is 1. The molecule has 9 amide bonds. The Morgan fingerprint density at radius 3 is 2.03 bits per heavy atom. The zero-order chi connectivity index (χ0) is 55.2. The number of nitrogens with zero attached hydrogens (tertiary/aromatic N) is 3. The summed E-state index contributed by atoms with van der Waals surface area (Å²) in [5.74, 6) is -6.71. The third-order valence-electron chi connectivity index (χ3n) is 14.3. The number of guanidine groups is 1. The Kier molecular flexibility index (Phi) is 19.2. The number of aromatic amines is 1. The summed E-state index contributed by atoms with van der Waals surface area (Å²) >= 11 is 0. The Hall–Kier alpha value is -8.50. The van der Waals surface area contributed by atoms with Crippen molar-refractivity contribution in [2.45, 2.75) is 139 Å². The van der Waals surface area contributed by atoms with Crippen molar-refractivity contribution in [3.63, 3.8) is 0 Å². The van der Waals surface area contributed by atoms with E-state index < -0.39 is 102 Å². The molecular formula is C54H69N13O10. The summed E-state index contributed by atoms with van der Waals surface area (Å²) in [4.78, 5) is 138. The van der Waals surface area contributed by atoms with Crippen LogP contribution in [-0.4, -0.2) is 135 Å². The molecule has 0 bridgehead atoms. The molecule has 1 saturated heterocycles. The molecule has 3 aromatic carbocycles. The third kappa shape index (κ3) is 14.7. The van der Waals surface area contributed by atoms with Crippen LogP contribution in [0.5, 0.6) is 0 Å². The number of carbonyl (C=O) groups excluding carboxylic acids is 8. The molecule has 0 spiro atoms. The average Bonchev–Trinajstić information content (AvgIpc) is 3.82. The van der Waals surface area contributed by atoms with Gasteiger partial charge < -0.3 is 69.0 Å². The number of nitrogens with two attached hydrogens (primary N) is 3. The second-order valence-corrected chi connectivity index (χ2v) is 19.8. The lowest BCUT2D eigenvalue weighted by Crippen LogP contribution is -2.63. The summed E-state index contributed by atoms with van der Waals surface area (Å²) in [6.07, 6.45) is 2.82. The van der Waals surface area contributed by atoms with Crippen LogP contribution in [0.2, 0.25) is 0 Å². The van der Waals surface area contributed by atoms with Crippen molar-refractivity contribution >= 4 is 70.2 Å². The fourth-order valence-corrected chi connectivity index (χ4v) is 10.2. The number of hydrogen-bond acceptors (Lipinski definition) is 10. The van der Waals surface area contributed by atoms with Crippen LogP contribution in [0.1, 0.15) is 92.5 Å². The number of para-hydroxylation sites is 1. The number of benzene rings is 3. The Labute approximate surface area is 445 Å². The first kappa shape index (κ1) is 56.2. The average molecular weight is 1060 g/mol. The molecule has 0 aliphatic carbocycles. The third-order valence-corrected chi connectivity index (χ3v) is 14.3. The maximum absolute atomic E-state index is 15.6. The number of aromatic nitrogens is 1. The quantitative estimate of drug-likeness (QED) is 0.0499. The van der Waals surface area contributed by atoms with Crippen molar-refractivity contribution < 1.29 is 48.3 Å². The topological polar surface area (TPSA) is 359 Å². The molecule has 0 saturated carbocycles. The van der Waals surface area contributed by atoms with E-state index in [0.29, 0.717) is 24.0 Å². The van der Waals surface area contributed by atoms with Gasteiger partial charge in [0.05, 0.1) is 6.42 Å². The molecule has 3 aliphatic rings. The number of nitrogens with one attached hydrogen (secondary N) is 7. The Morgan fingerprint density at radius 1 is 0.740 bits per heavy atom. The van der Waals surface area contributed by atoms with Crippen LogP contribution in [0, 0.1) is 0 Å². The van der Waals surface area contributed by atoms with E-state index in [-0.39, 0.29) is 89.9 Å². The van der Waals surface area contributed by atoms with Gasteiger partial charge >= 0.3 is 12.0 Å². The lowest BCUT2D eigenvalue weighted by molar-refractivity contribution is -0.153. The standard InChI is InChI=1S/C54H69N13O10/c1-2-3-18-39(65-54(57)77)47(70)64-42-27-45(68)58-22-11-10-20-40(52(75)76)62-48(71)41(24-35-28-60-37-19-9-8-17-36(35)37)63-46(69)38(21-12-23-59-53(55)56)61-49(72)43-25-31-13-4-6-15-33(31)29-66(43)51(74)44-26-32-14-5-7-16-34(32)30-67(44)50(42)73/h4-9,13-17,19,28,38-44,60H,2-3,10-12,18,20-27,29-30H2,1H3,(H,58,68)(H,61,72)(H,62,71)(H,63,69)(H,64,70)(H,75,76)(H4,55,56,59)(H3,57,65,77)/t38-,39-,40-,41-,42-,43+,44-/m0/s1. The monoisotopic (exact) mass is 1060 g/mol. The fourth-order valence-electron chi connectivity index (χ4n) is 10.2. The summed E-state index contributed by atoms with van der Waals surface area (Å²) in [5.41, 5.74) is 21.0. The normalized spacial score (nSPS) is 22.3. The first-order valence-electron chi connectivity index (χ1n) is 26.1. The van der Waals surface area contributed by atoms with Crippen molar-refractivity contribution in [2.24, 2.45) is 22.2 Å². The number of carbonyl (C=O) groups is 9. The highest BCUT2D eigenvalue weighted by Gasteiger charge is 2.45. The Balaban J connectivity index is 1.29. The van der Waals surface area contributed by atoms with Gasteiger partial charge in [0.15, 0.2) is 5.96 Å². The first-order valence-corrected chi connectivity index (χ1v) is 26.1. The minimum atomic E-state index is -1.58. The lowest BCUT2D eigenvalue weighted by atomic mass is 9.89. The minimum absolute atomic E-state index is 0.000373. The molecule has 1 aromatic heterocycles. The Bertz CT molecular complexity index is 2870. The highest BCUT2D eigenvalue weighted by atomic mass is 16.4. The molecule has 410 valence electrons. The number of amides is 9. The molecule has 0 radical (unpaired) electrons. The number of unbranched alkanes of at least 4 members (excludes halogenated alkanes) is 1. The van der Waals surface area contributed by atoms with E-state index in [1.54, 1.807) is 36.5 Å². The number of aliphatic imine (C=N–C) groups is 1. The maximum Gasteiger partial charge on any atom is 0.326 e. The number of carboxylic acids is 1. The van der Waals surface area contributed by atoms with Gasteiger partial charge in [-0.05, 0) is 72.4 Å². The van der Waals surface area contributed by atoms with E-state index >= 15 is 14.4 Å². The molecule has 7 rings (SSSR count). The van der Waals surface area contributed by atoms with E-state index in [0.717, 1.165) is 27.6 Å². The molecule has 14 N–H and O–H groups in total. The summed E-state index contributed by atoms with van der Waals surface area (Å²) in [6.45, 7) is 1.78. The van der Waals surface area contributed by atoms with E-state index in [1.165, 1.54) is 9.80 Å². The highest BCUT2D eigenvalue weighted by molar-refractivity contribution is 5.99. The van der Waals surface area contributed by atoms with Crippen LogP contribution in [0.4, 0.5) is 4.79 Å². The lowest BCUT2D eigenvalue weighted by Gasteiger charge is -2.43. The molecule has 0 unspecified atom stereocenters. The van der Waals surface area contributed by atoms with Crippen LogP contribution in [0.3, 0.4) is 0 Å². The molecule has 7 atom stereocenters. The number of H-pyrrole nitrogens is 1. The summed E-state index contributed by atoms with van der Waals surface area (Å²) in [5, 5.41) is 27.2. The van der Waals surface area contributed by atoms with Crippen LogP contribution < -0.4 is 49.1 Å². The molecule has 23 nitrogen and oxygen atoms in total. The highest BCUT2D eigenvalue weighted by Crippen LogP contribution is 2.31. The van der Waals surface area contributed by atoms with Gasteiger partial charge in [-0.25, -0.2) is 9.59 Å². The van der Waals surface area contributed by atoms with Gasteiger partial charge in [-0.2, -0.15) is 0 Å². The van der Waals surface area contributed by atoms with E-state index in [9.17, 15) is 33.9 Å². The molecular weight excluding hydrogens is 991 g/mol. The van der Waals surface area contributed by atoms with Gasteiger partial charge in [0.1, 0.15) is 42.3 Å². The summed E-state index contributed by atoms with van der Waals surface area (Å²) in [7, 11) is 0. The van der Waals surface area contributed by atoms with E-state index in [4.69, 9.17) is 17.2 Å². The molecule has 77 heavy (non-hydrogen) atoms. The van der Waals surface area contributed by atoms with Crippen molar-refractivity contribution in [2.75, 3.05) is 13.1 Å². The van der Waals surface area contributed by atoms with Crippen molar-refractivity contribution in [3.05, 3.63) is 107 Å². The fraction of sp³-hybridized carbons (Fsp3) is 0.444. The Morgan fingerprint density at radius 2 is 1.36 bits per heavy atom. The number of rotatable bonds is 13. The second kappa shape index (κ2) is 26.3. The van der Waals surface area contributed by atoms with E-state index in [1.807, 2.05) is 49.4 Å². The SMILES string of the molecule is CCCC[C@H](NC(N)=O)C(=O)N[C@H]1CC(=O)NCCCC[C@@H](C(=O)O)NC(=O)[C@H](Cc2c[nH]c3ccccc23)NC(=O)[C@H](CCCN=C(N)N)NC(=O)[C@H]2Cc3ccccc3CN2C(=O)[C@@H]2Cc3ccccc3CN2C1=O. The number of fused-ring (bicyclic) bond motifs is 5. The number of aliphatic carboxylic acids is 1. The largest absolute Gasteiger partial charge is 0.480 e. The number of urea groups is 1. The molecule has 23 heteroatoms. The first-order chi connectivity index (χ1) is 37.0. The molecule has 4 heterocycles. The smallest absolute Gasteiger partial charge is 0.326 e. The van der Waals surface area contributed by atoms with Crippen molar-refractivity contribution in [1.29, 1.82) is 0 Å². The van der Waals surface area contributed by atoms with Crippen LogP contribution >= 0.6 is 0 Å². The maximum atomic E-state index is 15.6. The summed E-state index contributed by atoms with van der Waals surface area (Å²) < 4.78 is 0. The molecule has 1 fully saturated rings. The van der Waals surface area contributed by atoms with Crippen LogP contribution in [0.25, 0.3) is 10.9 Å². The van der Waals surface area contributed by atoms with Crippen LogP contribution in [0.15, 0.2) is 84.0 Å². The van der Waals surface area contributed by atoms with Crippen molar-refractivity contribution in [3.8, 4) is 0 Å². The van der Waals surface area contributed by atoms with Gasteiger partial charge in [-0.3, -0.25) is 38.6 Å². The van der Waals surface area contributed by atoms with Gasteiger partial charge in [0.2, 0.25) is 41.4 Å². The molecule has 4 aromatic rings. The van der Waals surface area contributed by atoms with Crippen molar-refractivity contribution in [1.82, 2.24) is 46.7 Å². The zero-order valence-corrected chi connectivity index (χ0v) is 43.1. The second-order valence-electron chi connectivity index (χ2n) is 19.8. The molecule has 3 aliphatic heterocycles. The van der Waals surface area contributed by atoms with Crippen LogP contribution in [-0.2, 0) is 70.7 Å². The number of hydrogen-bond donors (Lipinski definition) is 11. The summed E-state index contributed by atoms with van der Waals surface area (Å²) in [6, 6.07) is 11.4. The van der Waals surface area contributed by atoms with E-state index in [2.05, 4.69) is 41.9 Å². The van der Waals surface area contributed by atoms with Gasteiger partial charge in [-0.1, -0.05) is 86.5 Å². The minimum Gasteiger partial charge on any atom is -0.480 e. The van der Waals surface area contributed by atoms with Gasteiger partial charge in [-0.15, -0.1) is 0 Å². The predicted octanol–water partition coefficient (Wildman–Crippen LogP) is 0.612. The zero-order valence-electron chi connectivity index (χ0n) is 43.1.